The van der Waals surface area contributed by atoms with E-state index in [2.05, 4.69) is 15.4 Å². The Labute approximate surface area is 249 Å². The van der Waals surface area contributed by atoms with Gasteiger partial charge in [0.05, 0.1) is 34.9 Å². The van der Waals surface area contributed by atoms with Gasteiger partial charge in [0.1, 0.15) is 23.0 Å². The van der Waals surface area contributed by atoms with Crippen molar-refractivity contribution in [3.8, 4) is 0 Å². The number of Topliss-reactive ketones (excluding diaryl/α,β-unsaturated/α-hetero) is 1. The number of ketones is 1. The normalized spacial score (nSPS) is 28.2. The van der Waals surface area contributed by atoms with Gasteiger partial charge in [-0.15, -0.1) is 0 Å². The van der Waals surface area contributed by atoms with Crippen LogP contribution in [0, 0.1) is 23.1 Å². The molecular weight excluding hydrogens is 590 g/mol. The SMILES string of the molecule is Cn1cnc(C2CC3CC(O)(c4cnn(C5CC6(CC(=O)C6)C5)c4C(F)(F)F)CC3C2)c1C(=O)Nc1ccc(F)c(Cl)c1. The van der Waals surface area contributed by atoms with E-state index < -0.39 is 35.2 Å². The number of nitrogens with one attached hydrogen (secondary N) is 1. The number of anilines is 1. The molecule has 0 bridgehead atoms. The van der Waals surface area contributed by atoms with Crippen LogP contribution in [0.3, 0.4) is 0 Å². The summed E-state index contributed by atoms with van der Waals surface area (Å²) in [6.07, 6.45) is 1.32. The molecule has 2 atom stereocenters. The molecule has 2 N–H and O–H groups in total. The fourth-order valence-corrected chi connectivity index (χ4v) is 8.52. The van der Waals surface area contributed by atoms with Gasteiger partial charge in [-0.25, -0.2) is 9.37 Å². The molecule has 4 fully saturated rings. The number of imidazole rings is 1. The van der Waals surface area contributed by atoms with Gasteiger partial charge in [0.2, 0.25) is 0 Å². The summed E-state index contributed by atoms with van der Waals surface area (Å²) in [6.45, 7) is 0. The van der Waals surface area contributed by atoms with Crippen LogP contribution in [0.4, 0.5) is 23.2 Å². The fourth-order valence-electron chi connectivity index (χ4n) is 8.34. The summed E-state index contributed by atoms with van der Waals surface area (Å²) >= 11 is 5.85. The lowest BCUT2D eigenvalue weighted by Crippen LogP contribution is -2.49. The number of carbonyl (C=O) groups is 2. The van der Waals surface area contributed by atoms with Crippen LogP contribution in [0.2, 0.25) is 5.02 Å². The Hall–Kier alpha value is -3.25. The molecule has 2 aromatic heterocycles. The molecule has 0 radical (unpaired) electrons. The number of aliphatic hydroxyl groups is 1. The molecule has 1 spiro atoms. The number of rotatable bonds is 5. The lowest BCUT2D eigenvalue weighted by Gasteiger charge is -2.53. The van der Waals surface area contributed by atoms with Crippen LogP contribution < -0.4 is 5.32 Å². The van der Waals surface area contributed by atoms with Gasteiger partial charge in [-0.3, -0.25) is 14.3 Å². The van der Waals surface area contributed by atoms with Gasteiger partial charge in [-0.05, 0) is 74.0 Å². The number of alkyl halides is 3. The third kappa shape index (κ3) is 4.68. The maximum absolute atomic E-state index is 14.4. The molecule has 1 aromatic carbocycles. The molecule has 3 aromatic rings. The standard InChI is InChI=1S/C30H30ClF4N5O3/c1-39-14-36-24(25(39)27(42)38-18-2-3-23(32)22(31)6-18)15-4-16-7-29(43,8-17(16)5-15)21-13-37-40(26(21)30(33,34)35)19-9-28(10-19)11-20(41)12-28/h2-3,6,13-17,19,43H,4-5,7-12H2,1H3,(H,38,42). The molecule has 4 aliphatic rings. The van der Waals surface area contributed by atoms with Gasteiger partial charge < -0.3 is 15.0 Å². The van der Waals surface area contributed by atoms with E-state index >= 15 is 0 Å². The van der Waals surface area contributed by atoms with E-state index in [9.17, 15) is 32.3 Å². The van der Waals surface area contributed by atoms with Gasteiger partial charge in [0.25, 0.3) is 5.91 Å². The minimum absolute atomic E-state index is 0.0544. The maximum atomic E-state index is 14.4. The largest absolute Gasteiger partial charge is 0.433 e. The van der Waals surface area contributed by atoms with Crippen LogP contribution >= 0.6 is 11.6 Å². The summed E-state index contributed by atoms with van der Waals surface area (Å²) in [5.74, 6) is -1.10. The highest BCUT2D eigenvalue weighted by molar-refractivity contribution is 6.31. The van der Waals surface area contributed by atoms with Crippen molar-refractivity contribution in [3.05, 3.63) is 64.2 Å². The second-order valence-electron chi connectivity index (χ2n) is 13.1. The van der Waals surface area contributed by atoms with Crippen LogP contribution in [-0.2, 0) is 23.6 Å². The monoisotopic (exact) mass is 619 g/mol. The van der Waals surface area contributed by atoms with E-state index in [0.29, 0.717) is 55.6 Å². The number of halogens is 5. The second kappa shape index (κ2) is 9.62. The van der Waals surface area contributed by atoms with Crippen molar-refractivity contribution < 1.29 is 32.3 Å². The Bertz CT molecular complexity index is 1620. The lowest BCUT2D eigenvalue weighted by molar-refractivity contribution is -0.155. The van der Waals surface area contributed by atoms with Gasteiger partial charge >= 0.3 is 6.18 Å². The predicted octanol–water partition coefficient (Wildman–Crippen LogP) is 6.16. The number of aryl methyl sites for hydroxylation is 1. The molecule has 7 rings (SSSR count). The Morgan fingerprint density at radius 2 is 1.81 bits per heavy atom. The van der Waals surface area contributed by atoms with Crippen molar-refractivity contribution in [1.29, 1.82) is 0 Å². The minimum atomic E-state index is -4.69. The van der Waals surface area contributed by atoms with Gasteiger partial charge in [-0.1, -0.05) is 11.6 Å². The second-order valence-corrected chi connectivity index (χ2v) is 13.5. The summed E-state index contributed by atoms with van der Waals surface area (Å²) in [5.41, 5.74) is -1.65. The first kappa shape index (κ1) is 28.5. The van der Waals surface area contributed by atoms with E-state index in [4.69, 9.17) is 11.6 Å². The molecule has 228 valence electrons. The summed E-state index contributed by atoms with van der Waals surface area (Å²) in [5, 5.41) is 18.4. The minimum Gasteiger partial charge on any atom is -0.385 e. The van der Waals surface area contributed by atoms with E-state index in [-0.39, 0.29) is 52.4 Å². The molecule has 2 unspecified atom stereocenters. The zero-order valence-electron chi connectivity index (χ0n) is 23.3. The van der Waals surface area contributed by atoms with Gasteiger partial charge in [0, 0.05) is 37.1 Å². The van der Waals surface area contributed by atoms with Crippen LogP contribution in [-0.4, -0.2) is 36.1 Å². The molecule has 4 saturated carbocycles. The number of benzene rings is 1. The van der Waals surface area contributed by atoms with Crippen molar-refractivity contribution in [2.24, 2.45) is 24.3 Å². The Morgan fingerprint density at radius 1 is 1.14 bits per heavy atom. The predicted molar refractivity (Wildman–Crippen MR) is 147 cm³/mol. The van der Waals surface area contributed by atoms with Crippen molar-refractivity contribution in [2.75, 3.05) is 5.32 Å². The number of hydrogen-bond donors (Lipinski definition) is 2. The van der Waals surface area contributed by atoms with Gasteiger partial charge in [0.15, 0.2) is 0 Å². The summed E-state index contributed by atoms with van der Waals surface area (Å²) < 4.78 is 59.5. The smallest absolute Gasteiger partial charge is 0.385 e. The number of carbonyl (C=O) groups excluding carboxylic acids is 2. The zero-order valence-corrected chi connectivity index (χ0v) is 24.1. The molecular formula is C30H30ClF4N5O3. The van der Waals surface area contributed by atoms with Gasteiger partial charge in [-0.2, -0.15) is 18.3 Å². The molecule has 43 heavy (non-hydrogen) atoms. The topological polar surface area (TPSA) is 102 Å². The average molecular weight is 620 g/mol. The van der Waals surface area contributed by atoms with Crippen molar-refractivity contribution in [2.45, 2.75) is 75.1 Å². The molecule has 2 heterocycles. The molecule has 4 aliphatic carbocycles. The van der Waals surface area contributed by atoms with Crippen molar-refractivity contribution in [1.82, 2.24) is 19.3 Å². The molecule has 8 nitrogen and oxygen atoms in total. The van der Waals surface area contributed by atoms with E-state index in [0.717, 1.165) is 10.7 Å². The summed E-state index contributed by atoms with van der Waals surface area (Å²) in [6, 6.07) is 3.45. The third-order valence-corrected chi connectivity index (χ3v) is 10.5. The quantitative estimate of drug-likeness (QED) is 0.333. The molecule has 0 aliphatic heterocycles. The first-order valence-electron chi connectivity index (χ1n) is 14.4. The number of amides is 1. The van der Waals surface area contributed by atoms with E-state index in [1.807, 2.05) is 0 Å². The average Bonchev–Trinajstić information content (AvgIpc) is 3.64. The number of nitrogens with zero attached hydrogens (tertiary/aromatic N) is 4. The first-order valence-corrected chi connectivity index (χ1v) is 14.8. The van der Waals surface area contributed by atoms with E-state index in [1.165, 1.54) is 18.3 Å². The Morgan fingerprint density at radius 3 is 2.42 bits per heavy atom. The Balaban J connectivity index is 1.08. The van der Waals surface area contributed by atoms with Crippen LogP contribution in [0.1, 0.15) is 90.8 Å². The highest BCUT2D eigenvalue weighted by Gasteiger charge is 2.57. The third-order valence-electron chi connectivity index (χ3n) is 10.2. The number of aromatic nitrogens is 4. The number of hydrogen-bond acceptors (Lipinski definition) is 5. The fraction of sp³-hybridized carbons (Fsp3) is 0.533. The highest BCUT2D eigenvalue weighted by atomic mass is 35.5. The summed E-state index contributed by atoms with van der Waals surface area (Å²) in [4.78, 5) is 29.2. The summed E-state index contributed by atoms with van der Waals surface area (Å²) in [7, 11) is 1.70. The van der Waals surface area contributed by atoms with Crippen molar-refractivity contribution in [3.63, 3.8) is 0 Å². The van der Waals surface area contributed by atoms with E-state index in [1.54, 1.807) is 17.9 Å². The maximum Gasteiger partial charge on any atom is 0.433 e. The molecule has 0 saturated heterocycles. The Kier molecular flexibility index (Phi) is 6.38. The lowest BCUT2D eigenvalue weighted by atomic mass is 9.53. The zero-order chi connectivity index (χ0) is 30.5. The molecule has 13 heteroatoms. The number of fused-ring (bicyclic) bond motifs is 1. The van der Waals surface area contributed by atoms with Crippen LogP contribution in [0.5, 0.6) is 0 Å². The van der Waals surface area contributed by atoms with Crippen molar-refractivity contribution >= 4 is 29.0 Å². The van der Waals surface area contributed by atoms with Crippen LogP contribution in [0.15, 0.2) is 30.7 Å². The highest BCUT2D eigenvalue weighted by Crippen LogP contribution is 2.61. The van der Waals surface area contributed by atoms with Crippen LogP contribution in [0.25, 0.3) is 0 Å². The first-order chi connectivity index (χ1) is 20.3. The molecule has 1 amide bonds.